The van der Waals surface area contributed by atoms with E-state index in [4.69, 9.17) is 21.6 Å². The van der Waals surface area contributed by atoms with Gasteiger partial charge >= 0.3 is 0 Å². The number of carbonyl (C=O) groups excluding carboxylic acids is 1. The van der Waals surface area contributed by atoms with E-state index in [0.717, 1.165) is 11.1 Å². The molecular weight excluding hydrogens is 294 g/mol. The molecule has 2 aromatic rings. The van der Waals surface area contributed by atoms with E-state index in [0.29, 0.717) is 20.5 Å². The summed E-state index contributed by atoms with van der Waals surface area (Å²) in [4.78, 5) is 12.5. The van der Waals surface area contributed by atoms with Crippen molar-refractivity contribution in [2.24, 2.45) is 0 Å². The van der Waals surface area contributed by atoms with Gasteiger partial charge in [-0.25, -0.2) is 0 Å². The Morgan fingerprint density at radius 3 is 2.50 bits per heavy atom. The van der Waals surface area contributed by atoms with Crippen LogP contribution in [0.5, 0.6) is 5.75 Å². The lowest BCUT2D eigenvalue weighted by atomic mass is 10.1. The van der Waals surface area contributed by atoms with Gasteiger partial charge in [0.25, 0.3) is 0 Å². The lowest BCUT2D eigenvalue weighted by Gasteiger charge is -2.11. The Balaban J connectivity index is 2.12. The second-order valence-corrected chi connectivity index (χ2v) is 6.08. The quantitative estimate of drug-likeness (QED) is 0.797. The molecule has 102 valence electrons. The summed E-state index contributed by atoms with van der Waals surface area (Å²) in [6.45, 7) is 3.68. The highest BCUT2D eigenvalue weighted by Crippen LogP contribution is 2.26. The normalized spacial score (nSPS) is 10.1. The van der Waals surface area contributed by atoms with Crippen LogP contribution in [-0.2, 0) is 0 Å². The SMILES string of the molecule is Cc1cc(C#N)cc(C)c1OCC(=O)c1ccc(Cl)s1. The molecule has 0 atom stereocenters. The fourth-order valence-electron chi connectivity index (χ4n) is 1.92. The number of carbonyl (C=O) groups is 1. The first kappa shape index (κ1) is 14.6. The van der Waals surface area contributed by atoms with Crippen LogP contribution in [0.3, 0.4) is 0 Å². The molecule has 0 radical (unpaired) electrons. The Morgan fingerprint density at radius 1 is 1.35 bits per heavy atom. The minimum atomic E-state index is -0.106. The lowest BCUT2D eigenvalue weighted by molar-refractivity contribution is 0.0925. The molecule has 0 N–H and O–H groups in total. The molecule has 3 nitrogen and oxygen atoms in total. The Morgan fingerprint density at radius 2 is 2.00 bits per heavy atom. The number of benzene rings is 1. The number of nitrogens with zero attached hydrogens (tertiary/aromatic N) is 1. The first-order valence-electron chi connectivity index (χ1n) is 5.94. The van der Waals surface area contributed by atoms with Crippen LogP contribution in [0.25, 0.3) is 0 Å². The minimum absolute atomic E-state index is 0.0373. The topological polar surface area (TPSA) is 50.1 Å². The highest BCUT2D eigenvalue weighted by atomic mass is 35.5. The van der Waals surface area contributed by atoms with E-state index >= 15 is 0 Å². The first-order valence-corrected chi connectivity index (χ1v) is 7.13. The van der Waals surface area contributed by atoms with Crippen LogP contribution in [-0.4, -0.2) is 12.4 Å². The largest absolute Gasteiger partial charge is 0.485 e. The average molecular weight is 306 g/mol. The fourth-order valence-corrected chi connectivity index (χ4v) is 2.88. The lowest BCUT2D eigenvalue weighted by Crippen LogP contribution is -2.11. The maximum Gasteiger partial charge on any atom is 0.210 e. The summed E-state index contributed by atoms with van der Waals surface area (Å²) < 4.78 is 6.18. The van der Waals surface area contributed by atoms with Crippen molar-refractivity contribution < 1.29 is 9.53 Å². The summed E-state index contributed by atoms with van der Waals surface area (Å²) in [5.74, 6) is 0.546. The number of hydrogen-bond donors (Lipinski definition) is 0. The Hall–Kier alpha value is -1.83. The average Bonchev–Trinajstić information content (AvgIpc) is 2.84. The van der Waals surface area contributed by atoms with Gasteiger partial charge in [-0.2, -0.15) is 5.26 Å². The van der Waals surface area contributed by atoms with E-state index in [1.54, 1.807) is 24.3 Å². The summed E-state index contributed by atoms with van der Waals surface area (Å²) >= 11 is 7.04. The van der Waals surface area contributed by atoms with Crippen molar-refractivity contribution in [1.29, 1.82) is 5.26 Å². The van der Waals surface area contributed by atoms with E-state index in [1.807, 2.05) is 13.8 Å². The van der Waals surface area contributed by atoms with E-state index < -0.39 is 0 Å². The summed E-state index contributed by atoms with van der Waals surface area (Å²) in [6.07, 6.45) is 0. The van der Waals surface area contributed by atoms with Crippen LogP contribution in [0.15, 0.2) is 24.3 Å². The van der Waals surface area contributed by atoms with E-state index in [2.05, 4.69) is 6.07 Å². The van der Waals surface area contributed by atoms with Crippen LogP contribution in [0.1, 0.15) is 26.4 Å². The van der Waals surface area contributed by atoms with E-state index in [9.17, 15) is 4.79 Å². The molecule has 0 bridgehead atoms. The molecule has 0 spiro atoms. The standard InChI is InChI=1S/C15H12ClNO2S/c1-9-5-11(7-17)6-10(2)15(9)19-8-12(18)13-3-4-14(16)20-13/h3-6H,8H2,1-2H3. The minimum Gasteiger partial charge on any atom is -0.485 e. The zero-order valence-electron chi connectivity index (χ0n) is 11.1. The van der Waals surface area contributed by atoms with Crippen LogP contribution in [0, 0.1) is 25.2 Å². The summed E-state index contributed by atoms with van der Waals surface area (Å²) in [7, 11) is 0. The van der Waals surface area contributed by atoms with Gasteiger partial charge in [0.15, 0.2) is 6.61 Å². The molecule has 0 amide bonds. The molecule has 0 aliphatic carbocycles. The maximum absolute atomic E-state index is 12.0. The Labute approximate surface area is 126 Å². The van der Waals surface area contributed by atoms with Gasteiger partial charge in [-0.05, 0) is 49.2 Å². The van der Waals surface area contributed by atoms with Gasteiger partial charge in [-0.1, -0.05) is 11.6 Å². The van der Waals surface area contributed by atoms with Gasteiger partial charge in [-0.3, -0.25) is 4.79 Å². The van der Waals surface area contributed by atoms with Gasteiger partial charge < -0.3 is 4.74 Å². The Kier molecular flexibility index (Phi) is 4.43. The molecule has 1 heterocycles. The monoisotopic (exact) mass is 305 g/mol. The highest BCUT2D eigenvalue weighted by Gasteiger charge is 2.12. The van der Waals surface area contributed by atoms with Gasteiger partial charge in [0.1, 0.15) is 5.75 Å². The number of ether oxygens (including phenoxy) is 1. The van der Waals surface area contributed by atoms with Gasteiger partial charge in [0.05, 0.1) is 20.8 Å². The number of hydrogen-bond acceptors (Lipinski definition) is 4. The van der Waals surface area contributed by atoms with Crippen molar-refractivity contribution in [1.82, 2.24) is 0 Å². The second-order valence-electron chi connectivity index (χ2n) is 4.37. The van der Waals surface area contributed by atoms with E-state index in [1.165, 1.54) is 11.3 Å². The number of ketones is 1. The third-order valence-corrected chi connectivity index (χ3v) is 4.06. The second kappa shape index (κ2) is 6.08. The molecule has 2 rings (SSSR count). The van der Waals surface area contributed by atoms with Crippen molar-refractivity contribution in [3.63, 3.8) is 0 Å². The number of thiophene rings is 1. The summed E-state index contributed by atoms with van der Waals surface area (Å²) in [6, 6.07) is 8.97. The zero-order chi connectivity index (χ0) is 14.7. The first-order chi connectivity index (χ1) is 9.51. The summed E-state index contributed by atoms with van der Waals surface area (Å²) in [5.41, 5.74) is 2.28. The third-order valence-electron chi connectivity index (χ3n) is 2.79. The van der Waals surface area contributed by atoms with Crippen molar-refractivity contribution in [3.05, 3.63) is 50.2 Å². The van der Waals surface area contributed by atoms with Crippen LogP contribution in [0.4, 0.5) is 0 Å². The van der Waals surface area contributed by atoms with Crippen molar-refractivity contribution in [2.45, 2.75) is 13.8 Å². The molecule has 1 aromatic heterocycles. The molecule has 0 saturated heterocycles. The Bertz CT molecular complexity index is 677. The maximum atomic E-state index is 12.0. The predicted octanol–water partition coefficient (Wildman–Crippen LogP) is 4.15. The molecule has 1 aromatic carbocycles. The summed E-state index contributed by atoms with van der Waals surface area (Å²) in [5, 5.41) is 8.89. The molecule has 20 heavy (non-hydrogen) atoms. The number of rotatable bonds is 4. The van der Waals surface area contributed by atoms with Crippen molar-refractivity contribution in [2.75, 3.05) is 6.61 Å². The number of aryl methyl sites for hydroxylation is 2. The molecule has 0 unspecified atom stereocenters. The van der Waals surface area contributed by atoms with Gasteiger partial charge in [0.2, 0.25) is 5.78 Å². The number of nitriles is 1. The van der Waals surface area contributed by atoms with Crippen molar-refractivity contribution >= 4 is 28.7 Å². The number of Topliss-reactive ketones (excluding diaryl/α,β-unsaturated/α-hetero) is 1. The molecule has 0 saturated carbocycles. The van der Waals surface area contributed by atoms with Crippen LogP contribution >= 0.6 is 22.9 Å². The molecule has 0 aliphatic rings. The predicted molar refractivity (Wildman–Crippen MR) is 79.8 cm³/mol. The highest BCUT2D eigenvalue weighted by molar-refractivity contribution is 7.18. The molecule has 0 fully saturated rings. The number of halogens is 1. The molecule has 0 aliphatic heterocycles. The molecular formula is C15H12ClNO2S. The molecule has 5 heteroatoms. The smallest absolute Gasteiger partial charge is 0.210 e. The van der Waals surface area contributed by atoms with Crippen LogP contribution in [0.2, 0.25) is 4.34 Å². The van der Waals surface area contributed by atoms with Crippen LogP contribution < -0.4 is 4.74 Å². The fraction of sp³-hybridized carbons (Fsp3) is 0.200. The zero-order valence-corrected chi connectivity index (χ0v) is 12.6. The van der Waals surface area contributed by atoms with Gasteiger partial charge in [-0.15, -0.1) is 11.3 Å². The third kappa shape index (κ3) is 3.19. The van der Waals surface area contributed by atoms with Crippen molar-refractivity contribution in [3.8, 4) is 11.8 Å². The van der Waals surface area contributed by atoms with E-state index in [-0.39, 0.29) is 12.4 Å². The van der Waals surface area contributed by atoms with Gasteiger partial charge in [0, 0.05) is 0 Å².